The van der Waals surface area contributed by atoms with Gasteiger partial charge in [0.2, 0.25) is 0 Å². The van der Waals surface area contributed by atoms with E-state index in [0.29, 0.717) is 13.1 Å². The van der Waals surface area contributed by atoms with E-state index >= 15 is 0 Å². The summed E-state index contributed by atoms with van der Waals surface area (Å²) >= 11 is 3.36. The molecule has 0 spiro atoms. The number of H-pyrrole nitrogens is 1. The zero-order chi connectivity index (χ0) is 41.7. The normalized spacial score (nSPS) is 18.1. The second kappa shape index (κ2) is 20.7. The van der Waals surface area contributed by atoms with Gasteiger partial charge in [0, 0.05) is 60.7 Å². The van der Waals surface area contributed by atoms with Crippen LogP contribution in [-0.2, 0) is 34.6 Å². The van der Waals surface area contributed by atoms with Gasteiger partial charge in [0.25, 0.3) is 0 Å². The van der Waals surface area contributed by atoms with Gasteiger partial charge in [-0.15, -0.1) is 0 Å². The van der Waals surface area contributed by atoms with Crippen molar-refractivity contribution in [3.8, 4) is 0 Å². The molecule has 4 rings (SSSR count). The molecule has 0 radical (unpaired) electrons. The van der Waals surface area contributed by atoms with Crippen molar-refractivity contribution < 1.29 is 37.7 Å². The number of halogens is 1. The summed E-state index contributed by atoms with van der Waals surface area (Å²) in [6.07, 6.45) is 12.8. The summed E-state index contributed by atoms with van der Waals surface area (Å²) in [7, 11) is -0.680. The summed E-state index contributed by atoms with van der Waals surface area (Å²) < 4.78 is 36.0. The molecule has 0 bridgehead atoms. The zero-order valence-corrected chi connectivity index (χ0v) is 37.6. The number of alkyl halides is 1. The predicted molar refractivity (Wildman–Crippen MR) is 222 cm³/mol. The number of hydrogen-bond acceptors (Lipinski definition) is 10. The third kappa shape index (κ3) is 17.2. The summed E-state index contributed by atoms with van der Waals surface area (Å²) in [6, 6.07) is 0. The second-order valence-electron chi connectivity index (χ2n) is 17.9. The number of carbonyl (C=O) groups is 2. The minimum Gasteiger partial charge on any atom is -0.444 e. The first-order valence-corrected chi connectivity index (χ1v) is 20.6. The van der Waals surface area contributed by atoms with Gasteiger partial charge in [-0.25, -0.2) is 9.59 Å². The lowest BCUT2D eigenvalue weighted by Gasteiger charge is -2.32. The summed E-state index contributed by atoms with van der Waals surface area (Å²) in [5.74, 6) is 0. The highest BCUT2D eigenvalue weighted by Crippen LogP contribution is 2.37. The Kier molecular flexibility index (Phi) is 18.3. The van der Waals surface area contributed by atoms with Gasteiger partial charge in [0.1, 0.15) is 11.2 Å². The Hall–Kier alpha value is -2.59. The number of carbonyl (C=O) groups excluding carboxylic acids is 2. The molecule has 2 aromatic rings. The van der Waals surface area contributed by atoms with Gasteiger partial charge in [-0.3, -0.25) is 9.78 Å². The van der Waals surface area contributed by atoms with Crippen LogP contribution in [0.5, 0.6) is 0 Å². The van der Waals surface area contributed by atoms with Crippen LogP contribution in [0.1, 0.15) is 135 Å². The fourth-order valence-electron chi connectivity index (χ4n) is 4.95. The number of unbranched alkanes of at least 4 members (excludes halogenated alkanes) is 4. The molecule has 2 fully saturated rings. The van der Waals surface area contributed by atoms with Crippen LogP contribution in [0.15, 0.2) is 24.8 Å². The Balaban J connectivity index is 0.000000314. The van der Waals surface area contributed by atoms with Gasteiger partial charge in [0.15, 0.2) is 0 Å². The lowest BCUT2D eigenvalue weighted by Crippen LogP contribution is -2.41. The van der Waals surface area contributed by atoms with E-state index < -0.39 is 11.2 Å². The van der Waals surface area contributed by atoms with Gasteiger partial charge >= 0.3 is 26.4 Å². The average molecular weight is 840 g/mol. The van der Waals surface area contributed by atoms with Crippen LogP contribution in [0.25, 0.3) is 0 Å². The van der Waals surface area contributed by atoms with E-state index in [1.165, 1.54) is 0 Å². The van der Waals surface area contributed by atoms with Crippen LogP contribution in [0.2, 0.25) is 0 Å². The van der Waals surface area contributed by atoms with Gasteiger partial charge < -0.3 is 38.7 Å². The molecule has 55 heavy (non-hydrogen) atoms. The number of aromatic nitrogens is 4. The van der Waals surface area contributed by atoms with Crippen LogP contribution >= 0.6 is 15.9 Å². The van der Waals surface area contributed by atoms with Gasteiger partial charge in [0.05, 0.1) is 22.4 Å². The third-order valence-corrected chi connectivity index (χ3v) is 9.99. The number of alkyl carbamates (subject to hydrolysis) is 2. The highest BCUT2D eigenvalue weighted by molar-refractivity contribution is 9.09. The zero-order valence-electron chi connectivity index (χ0n) is 36.0. The first-order chi connectivity index (χ1) is 25.3. The molecule has 17 heteroatoms. The summed E-state index contributed by atoms with van der Waals surface area (Å²) in [5, 5.41) is 17.6. The molecule has 0 saturated carbocycles. The maximum absolute atomic E-state index is 11.6. The van der Waals surface area contributed by atoms with Crippen molar-refractivity contribution in [1.29, 1.82) is 0 Å². The molecule has 2 saturated heterocycles. The monoisotopic (exact) mass is 838 g/mol. The molecule has 312 valence electrons. The molecule has 0 aliphatic carbocycles. The van der Waals surface area contributed by atoms with Gasteiger partial charge in [-0.1, -0.05) is 22.4 Å². The fourth-order valence-corrected chi connectivity index (χ4v) is 5.35. The second-order valence-corrected chi connectivity index (χ2v) is 18.7. The molecule has 2 aliphatic rings. The average Bonchev–Trinajstić information content (AvgIpc) is 3.80. The van der Waals surface area contributed by atoms with Crippen molar-refractivity contribution in [3.63, 3.8) is 0 Å². The molecule has 2 aliphatic heterocycles. The quantitative estimate of drug-likeness (QED) is 0.113. The van der Waals surface area contributed by atoms with Crippen molar-refractivity contribution in [2.24, 2.45) is 0 Å². The highest BCUT2D eigenvalue weighted by atomic mass is 79.9. The van der Waals surface area contributed by atoms with Crippen LogP contribution < -0.4 is 21.6 Å². The van der Waals surface area contributed by atoms with Crippen LogP contribution in [-0.4, -0.2) is 98.4 Å². The standard InChI is InChI=1S/C19H34BN3O4.C10H20BrNO2.C9H15BN2O2/c1-17(2,3)25-16(24)21-11-9-8-10-12-23-14-15(13-22-23)20-26-18(4,5)19(6,7)27-20;1-10(2,3)14-9(13)12-8-6-4-5-7-11;1-8(2)9(3,4)14-10(13-8)7-5-11-12-6-7/h13-14H,8-12H2,1-7H3,(H,21,24);4-8H2,1-3H3,(H,12,13);5-6H,1-4H3,(H,11,12). The lowest BCUT2D eigenvalue weighted by atomic mass is 9.82. The Morgan fingerprint density at radius 2 is 1.15 bits per heavy atom. The smallest absolute Gasteiger partial charge is 0.444 e. The number of hydrogen-bond donors (Lipinski definition) is 3. The minimum absolute atomic E-state index is 0.283. The summed E-state index contributed by atoms with van der Waals surface area (Å²) in [4.78, 5) is 22.7. The summed E-state index contributed by atoms with van der Waals surface area (Å²) in [5.41, 5.74) is -0.242. The fraction of sp³-hybridized carbons (Fsp3) is 0.789. The van der Waals surface area contributed by atoms with E-state index in [1.54, 1.807) is 12.4 Å². The first-order valence-electron chi connectivity index (χ1n) is 19.5. The molecule has 0 atom stereocenters. The number of aryl methyl sites for hydroxylation is 1. The molecular formula is C38H69B2BrN6O8. The Bertz CT molecular complexity index is 1410. The number of rotatable bonds is 13. The first kappa shape index (κ1) is 48.6. The predicted octanol–water partition coefficient (Wildman–Crippen LogP) is 6.66. The third-order valence-electron chi connectivity index (χ3n) is 9.43. The molecule has 0 unspecified atom stereocenters. The number of aromatic amines is 1. The number of ether oxygens (including phenoxy) is 2. The van der Waals surface area contributed by atoms with Gasteiger partial charge in [-0.2, -0.15) is 10.2 Å². The molecule has 2 amide bonds. The maximum atomic E-state index is 11.6. The van der Waals surface area contributed by atoms with E-state index in [0.717, 1.165) is 61.3 Å². The Morgan fingerprint density at radius 1 is 0.709 bits per heavy atom. The van der Waals surface area contributed by atoms with E-state index in [9.17, 15) is 9.59 Å². The van der Waals surface area contributed by atoms with Crippen LogP contribution in [0.4, 0.5) is 9.59 Å². The van der Waals surface area contributed by atoms with Gasteiger partial charge in [-0.05, 0) is 129 Å². The highest BCUT2D eigenvalue weighted by Gasteiger charge is 2.53. The van der Waals surface area contributed by atoms with Crippen molar-refractivity contribution in [2.45, 2.75) is 176 Å². The molecule has 0 aromatic carbocycles. The topological polar surface area (TPSA) is 160 Å². The maximum Gasteiger partial charge on any atom is 0.498 e. The van der Waals surface area contributed by atoms with Crippen LogP contribution in [0, 0.1) is 0 Å². The molecule has 14 nitrogen and oxygen atoms in total. The van der Waals surface area contributed by atoms with E-state index in [-0.39, 0.29) is 48.8 Å². The molecule has 2 aromatic heterocycles. The molecular weight excluding hydrogens is 770 g/mol. The Labute approximate surface area is 339 Å². The molecule has 4 heterocycles. The minimum atomic E-state index is -0.459. The number of nitrogens with one attached hydrogen (secondary N) is 3. The van der Waals surface area contributed by atoms with Crippen molar-refractivity contribution in [1.82, 2.24) is 30.6 Å². The van der Waals surface area contributed by atoms with E-state index in [2.05, 4.69) is 41.9 Å². The largest absolute Gasteiger partial charge is 0.498 e. The Morgan fingerprint density at radius 3 is 1.55 bits per heavy atom. The van der Waals surface area contributed by atoms with Crippen molar-refractivity contribution >= 4 is 53.3 Å². The molecule has 3 N–H and O–H groups in total. The van der Waals surface area contributed by atoms with Crippen molar-refractivity contribution in [3.05, 3.63) is 24.8 Å². The van der Waals surface area contributed by atoms with Crippen LogP contribution in [0.3, 0.4) is 0 Å². The number of nitrogens with zero attached hydrogens (tertiary/aromatic N) is 3. The number of amides is 2. The summed E-state index contributed by atoms with van der Waals surface area (Å²) in [6.45, 7) is 29.6. The lowest BCUT2D eigenvalue weighted by molar-refractivity contribution is 0.00578. The van der Waals surface area contributed by atoms with E-state index in [1.807, 2.05) is 114 Å². The SMILES string of the molecule is CC(C)(C)OC(=O)NCCCCCBr.CC(C)(C)OC(=O)NCCCCCn1cc(B2OC(C)(C)C(C)(C)O2)cn1.CC1(C)OB(c2cn[nH]c2)OC1(C)C. The van der Waals surface area contributed by atoms with Crippen molar-refractivity contribution in [2.75, 3.05) is 18.4 Å². The van der Waals surface area contributed by atoms with E-state index in [4.69, 9.17) is 28.1 Å².